The Hall–Kier alpha value is -2.69. The van der Waals surface area contributed by atoms with Gasteiger partial charge in [-0.25, -0.2) is 0 Å². The maximum atomic E-state index is 12.1. The van der Waals surface area contributed by atoms with Crippen molar-refractivity contribution in [3.8, 4) is 0 Å². The number of allylic oxidation sites excluding steroid dienone is 1. The summed E-state index contributed by atoms with van der Waals surface area (Å²) in [4.78, 5) is 24.2. The van der Waals surface area contributed by atoms with Crippen molar-refractivity contribution in [2.45, 2.75) is 6.92 Å². The van der Waals surface area contributed by atoms with Crippen LogP contribution in [0.2, 0.25) is 0 Å². The number of carbonyl (C=O) groups excluding carboxylic acids is 2. The fourth-order valence-corrected chi connectivity index (χ4v) is 2.17. The Labute approximate surface area is 115 Å². The number of nitrogens with zero attached hydrogens (tertiary/aromatic N) is 1. The smallest absolute Gasteiger partial charge is 0.197 e. The van der Waals surface area contributed by atoms with Gasteiger partial charge in [0.05, 0.1) is 5.57 Å². The molecule has 100 valence electrons. The molecule has 1 heterocycles. The molecule has 2 aromatic rings. The fraction of sp³-hybridized carbons (Fsp3) is 0.133. The molecule has 0 spiro atoms. The van der Waals surface area contributed by atoms with Gasteiger partial charge in [-0.05, 0) is 6.92 Å². The van der Waals surface area contributed by atoms with E-state index in [4.69, 9.17) is 4.52 Å². The van der Waals surface area contributed by atoms with E-state index in [0.29, 0.717) is 29.2 Å². The highest BCUT2D eigenvalue weighted by molar-refractivity contribution is 6.39. The van der Waals surface area contributed by atoms with Gasteiger partial charge >= 0.3 is 0 Å². The van der Waals surface area contributed by atoms with Gasteiger partial charge in [-0.2, -0.15) is 0 Å². The average Bonchev–Trinajstić information content (AvgIpc) is 2.97. The maximum absolute atomic E-state index is 12.1. The number of rotatable bonds is 3. The molecule has 1 aliphatic rings. The van der Waals surface area contributed by atoms with Crippen molar-refractivity contribution in [3.05, 3.63) is 58.9 Å². The van der Waals surface area contributed by atoms with Crippen molar-refractivity contribution in [3.63, 3.8) is 0 Å². The van der Waals surface area contributed by atoms with Crippen LogP contribution in [0.3, 0.4) is 0 Å². The van der Waals surface area contributed by atoms with Crippen LogP contribution >= 0.6 is 0 Å². The third-order valence-electron chi connectivity index (χ3n) is 3.12. The molecule has 1 N–H and O–H groups in total. The Balaban J connectivity index is 1.77. The second-order valence-electron chi connectivity index (χ2n) is 4.53. The molecule has 3 rings (SSSR count). The predicted molar refractivity (Wildman–Crippen MR) is 72.9 cm³/mol. The van der Waals surface area contributed by atoms with E-state index >= 15 is 0 Å². The minimum Gasteiger partial charge on any atom is -0.364 e. The Kier molecular flexibility index (Phi) is 2.95. The monoisotopic (exact) mass is 268 g/mol. The lowest BCUT2D eigenvalue weighted by Crippen LogP contribution is -2.06. The van der Waals surface area contributed by atoms with Crippen molar-refractivity contribution in [2.75, 3.05) is 11.9 Å². The van der Waals surface area contributed by atoms with Crippen molar-refractivity contribution in [1.82, 2.24) is 5.16 Å². The quantitative estimate of drug-likeness (QED) is 0.683. The predicted octanol–water partition coefficient (Wildman–Crippen LogP) is 2.40. The second kappa shape index (κ2) is 4.77. The second-order valence-corrected chi connectivity index (χ2v) is 4.53. The summed E-state index contributed by atoms with van der Waals surface area (Å²) in [7, 11) is 0. The van der Waals surface area contributed by atoms with E-state index in [1.807, 2.05) is 0 Å². The zero-order valence-corrected chi connectivity index (χ0v) is 10.8. The Morgan fingerprint density at radius 3 is 2.40 bits per heavy atom. The summed E-state index contributed by atoms with van der Waals surface area (Å²) in [5, 5.41) is 6.75. The number of nitrogens with one attached hydrogen (secondary N) is 1. The van der Waals surface area contributed by atoms with Gasteiger partial charge in [-0.15, -0.1) is 0 Å². The topological polar surface area (TPSA) is 72.2 Å². The number of Topliss-reactive ketones (excluding diaryl/α,β-unsaturated/α-hetero) is 2. The van der Waals surface area contributed by atoms with Gasteiger partial charge in [0.2, 0.25) is 0 Å². The minimum atomic E-state index is -0.219. The zero-order chi connectivity index (χ0) is 14.1. The van der Waals surface area contributed by atoms with Crippen LogP contribution in [0, 0.1) is 6.92 Å². The fourth-order valence-electron chi connectivity index (χ4n) is 2.17. The van der Waals surface area contributed by atoms with Crippen molar-refractivity contribution < 1.29 is 14.1 Å². The molecule has 0 bridgehead atoms. The van der Waals surface area contributed by atoms with Crippen molar-refractivity contribution >= 4 is 17.4 Å². The summed E-state index contributed by atoms with van der Waals surface area (Å²) in [5.41, 5.74) is 1.15. The number of ketones is 2. The van der Waals surface area contributed by atoms with Crippen LogP contribution in [0.25, 0.3) is 0 Å². The largest absolute Gasteiger partial charge is 0.364 e. The number of fused-ring (bicyclic) bond motifs is 1. The first-order chi connectivity index (χ1) is 9.66. The Morgan fingerprint density at radius 2 is 1.85 bits per heavy atom. The van der Waals surface area contributed by atoms with E-state index < -0.39 is 0 Å². The zero-order valence-electron chi connectivity index (χ0n) is 10.8. The van der Waals surface area contributed by atoms with Crippen LogP contribution in [0.1, 0.15) is 26.5 Å². The van der Waals surface area contributed by atoms with E-state index in [2.05, 4.69) is 10.5 Å². The van der Waals surface area contributed by atoms with Crippen LogP contribution < -0.4 is 5.32 Å². The molecule has 0 fully saturated rings. The first-order valence-electron chi connectivity index (χ1n) is 6.22. The van der Waals surface area contributed by atoms with Gasteiger partial charge in [0, 0.05) is 23.7 Å². The molecule has 0 saturated heterocycles. The standard InChI is InChI=1S/C15H12N2O3/c1-9-8-13(17-20-9)16-7-6-12-14(18)10-4-2-3-5-11(10)15(12)19/h2-6,8H,7H2,1H3,(H,16,17). The first kappa shape index (κ1) is 12.3. The minimum absolute atomic E-state index is 0.207. The molecule has 0 amide bonds. The molecule has 0 saturated carbocycles. The van der Waals surface area contributed by atoms with E-state index in [0.717, 1.165) is 0 Å². The van der Waals surface area contributed by atoms with Crippen LogP contribution in [-0.2, 0) is 0 Å². The summed E-state index contributed by atoms with van der Waals surface area (Å²) >= 11 is 0. The molecule has 5 heteroatoms. The Bertz CT molecular complexity index is 691. The van der Waals surface area contributed by atoms with Crippen molar-refractivity contribution in [2.24, 2.45) is 0 Å². The molecule has 1 aromatic carbocycles. The summed E-state index contributed by atoms with van der Waals surface area (Å²) in [6.45, 7) is 2.13. The summed E-state index contributed by atoms with van der Waals surface area (Å²) in [6, 6.07) is 8.59. The molecule has 1 aliphatic carbocycles. The lowest BCUT2D eigenvalue weighted by atomic mass is 10.1. The first-order valence-corrected chi connectivity index (χ1v) is 6.22. The van der Waals surface area contributed by atoms with Gasteiger partial charge < -0.3 is 9.84 Å². The molecule has 5 nitrogen and oxygen atoms in total. The van der Waals surface area contributed by atoms with Crippen molar-refractivity contribution in [1.29, 1.82) is 0 Å². The van der Waals surface area contributed by atoms with E-state index in [-0.39, 0.29) is 17.1 Å². The average molecular weight is 268 g/mol. The SMILES string of the molecule is Cc1cc(NCC=C2C(=O)c3ccccc3C2=O)no1. The Morgan fingerprint density at radius 1 is 1.20 bits per heavy atom. The number of benzene rings is 1. The molecular formula is C15H12N2O3. The van der Waals surface area contributed by atoms with Gasteiger partial charge in [-0.3, -0.25) is 9.59 Å². The summed E-state index contributed by atoms with van der Waals surface area (Å²) in [6.07, 6.45) is 1.59. The highest BCUT2D eigenvalue weighted by atomic mass is 16.5. The van der Waals surface area contributed by atoms with E-state index in [1.54, 1.807) is 43.3 Å². The number of carbonyl (C=O) groups is 2. The number of anilines is 1. The molecule has 0 aliphatic heterocycles. The van der Waals surface area contributed by atoms with Crippen LogP contribution in [0.15, 0.2) is 46.5 Å². The molecule has 1 aromatic heterocycles. The lowest BCUT2D eigenvalue weighted by molar-refractivity contribution is 0.0988. The third kappa shape index (κ3) is 2.03. The maximum Gasteiger partial charge on any atom is 0.197 e. The number of hydrogen-bond acceptors (Lipinski definition) is 5. The van der Waals surface area contributed by atoms with E-state index in [9.17, 15) is 9.59 Å². The molecule has 0 unspecified atom stereocenters. The van der Waals surface area contributed by atoms with Crippen LogP contribution in [-0.4, -0.2) is 23.3 Å². The number of aromatic nitrogens is 1. The molecule has 20 heavy (non-hydrogen) atoms. The molecule has 0 atom stereocenters. The number of aryl methyl sites for hydroxylation is 1. The third-order valence-corrected chi connectivity index (χ3v) is 3.12. The van der Waals surface area contributed by atoms with Gasteiger partial charge in [0.15, 0.2) is 17.4 Å². The molecule has 0 radical (unpaired) electrons. The van der Waals surface area contributed by atoms with Gasteiger partial charge in [0.25, 0.3) is 0 Å². The van der Waals surface area contributed by atoms with E-state index in [1.165, 1.54) is 0 Å². The normalized spacial score (nSPS) is 13.6. The highest BCUT2D eigenvalue weighted by Crippen LogP contribution is 2.25. The molecular weight excluding hydrogens is 256 g/mol. The van der Waals surface area contributed by atoms with Gasteiger partial charge in [0.1, 0.15) is 5.76 Å². The number of hydrogen-bond donors (Lipinski definition) is 1. The lowest BCUT2D eigenvalue weighted by Gasteiger charge is -1.97. The summed E-state index contributed by atoms with van der Waals surface area (Å²) in [5.74, 6) is 0.836. The highest BCUT2D eigenvalue weighted by Gasteiger charge is 2.32. The van der Waals surface area contributed by atoms with Crippen LogP contribution in [0.4, 0.5) is 5.82 Å². The van der Waals surface area contributed by atoms with Crippen LogP contribution in [0.5, 0.6) is 0 Å². The summed E-state index contributed by atoms with van der Waals surface area (Å²) < 4.78 is 4.91. The van der Waals surface area contributed by atoms with Gasteiger partial charge in [-0.1, -0.05) is 35.5 Å².